The second kappa shape index (κ2) is 6.19. The Hall–Kier alpha value is -2.34. The van der Waals surface area contributed by atoms with Crippen molar-refractivity contribution in [2.24, 2.45) is 0 Å². The molecule has 1 saturated heterocycles. The van der Waals surface area contributed by atoms with Crippen LogP contribution in [0.15, 0.2) is 35.4 Å². The maximum Gasteiger partial charge on any atom is 0.290 e. The van der Waals surface area contributed by atoms with Gasteiger partial charge in [-0.3, -0.25) is 9.69 Å². The van der Waals surface area contributed by atoms with Crippen LogP contribution in [0.1, 0.15) is 25.0 Å². The van der Waals surface area contributed by atoms with Gasteiger partial charge in [0.25, 0.3) is 5.56 Å². The van der Waals surface area contributed by atoms with Gasteiger partial charge in [-0.2, -0.15) is 0 Å². The van der Waals surface area contributed by atoms with Crippen molar-refractivity contribution in [2.75, 3.05) is 31.1 Å². The molecule has 0 bridgehead atoms. The summed E-state index contributed by atoms with van der Waals surface area (Å²) in [6.07, 6.45) is 4.17. The van der Waals surface area contributed by atoms with Crippen molar-refractivity contribution >= 4 is 5.82 Å². The van der Waals surface area contributed by atoms with Gasteiger partial charge in [-0.25, -0.2) is 4.98 Å². The third-order valence-corrected chi connectivity index (χ3v) is 4.89. The maximum atomic E-state index is 11.9. The molecule has 0 saturated carbocycles. The zero-order chi connectivity index (χ0) is 17.4. The smallest absolute Gasteiger partial charge is 0.290 e. The van der Waals surface area contributed by atoms with Crippen molar-refractivity contribution in [1.29, 1.82) is 0 Å². The molecular formula is C19H24N4O2. The highest BCUT2D eigenvalue weighted by atomic mass is 16.5. The number of aromatic nitrogens is 2. The van der Waals surface area contributed by atoms with E-state index in [0.717, 1.165) is 44.9 Å². The first-order valence-electron chi connectivity index (χ1n) is 8.82. The molecular weight excluding hydrogens is 316 g/mol. The van der Waals surface area contributed by atoms with Gasteiger partial charge < -0.3 is 14.6 Å². The Labute approximate surface area is 147 Å². The van der Waals surface area contributed by atoms with Crippen LogP contribution in [0.5, 0.6) is 5.75 Å². The SMILES string of the molecule is CC1(C)Cc2cc(CN3CCN(c4ncc[nH]c4=O)CC3)ccc2O1. The third kappa shape index (κ3) is 3.39. The Balaban J connectivity index is 1.38. The Morgan fingerprint density at radius 1 is 1.24 bits per heavy atom. The molecule has 2 aromatic rings. The number of benzene rings is 1. The number of aromatic amines is 1. The van der Waals surface area contributed by atoms with E-state index in [2.05, 4.69) is 51.8 Å². The minimum absolute atomic E-state index is 0.0949. The van der Waals surface area contributed by atoms with Crippen LogP contribution in [0, 0.1) is 0 Å². The molecule has 1 fully saturated rings. The maximum absolute atomic E-state index is 11.9. The second-order valence-electron chi connectivity index (χ2n) is 7.49. The predicted molar refractivity (Wildman–Crippen MR) is 97.2 cm³/mol. The zero-order valence-electron chi connectivity index (χ0n) is 14.8. The molecule has 1 aromatic heterocycles. The zero-order valence-corrected chi connectivity index (χ0v) is 14.8. The number of ether oxygens (including phenoxy) is 1. The Kier molecular flexibility index (Phi) is 4.00. The highest BCUT2D eigenvalue weighted by Gasteiger charge is 2.30. The van der Waals surface area contributed by atoms with Gasteiger partial charge in [0.1, 0.15) is 11.4 Å². The first kappa shape index (κ1) is 16.1. The summed E-state index contributed by atoms with van der Waals surface area (Å²) >= 11 is 0. The number of nitrogens with zero attached hydrogens (tertiary/aromatic N) is 3. The second-order valence-corrected chi connectivity index (χ2v) is 7.49. The predicted octanol–water partition coefficient (Wildman–Crippen LogP) is 1.81. The minimum atomic E-state index is -0.114. The summed E-state index contributed by atoms with van der Waals surface area (Å²) in [5.41, 5.74) is 2.42. The Morgan fingerprint density at radius 3 is 2.80 bits per heavy atom. The molecule has 0 unspecified atom stereocenters. The van der Waals surface area contributed by atoms with Crippen LogP contribution in [0.3, 0.4) is 0 Å². The molecule has 132 valence electrons. The van der Waals surface area contributed by atoms with Crippen molar-refractivity contribution in [3.05, 3.63) is 52.1 Å². The number of nitrogens with one attached hydrogen (secondary N) is 1. The quantitative estimate of drug-likeness (QED) is 0.923. The van der Waals surface area contributed by atoms with E-state index < -0.39 is 0 Å². The van der Waals surface area contributed by atoms with Gasteiger partial charge in [-0.15, -0.1) is 0 Å². The lowest BCUT2D eigenvalue weighted by molar-refractivity contribution is 0.138. The van der Waals surface area contributed by atoms with E-state index in [9.17, 15) is 4.79 Å². The van der Waals surface area contributed by atoms with Crippen LogP contribution >= 0.6 is 0 Å². The molecule has 1 N–H and O–H groups in total. The summed E-state index contributed by atoms with van der Waals surface area (Å²) in [6.45, 7) is 8.68. The van der Waals surface area contributed by atoms with Gasteiger partial charge in [-0.1, -0.05) is 12.1 Å². The van der Waals surface area contributed by atoms with E-state index >= 15 is 0 Å². The summed E-state index contributed by atoms with van der Waals surface area (Å²) in [4.78, 5) is 23.3. The lowest BCUT2D eigenvalue weighted by Gasteiger charge is -2.34. The molecule has 0 aliphatic carbocycles. The molecule has 2 aliphatic rings. The summed E-state index contributed by atoms with van der Waals surface area (Å²) in [6, 6.07) is 6.54. The lowest BCUT2D eigenvalue weighted by atomic mass is 10.00. The molecule has 1 aromatic carbocycles. The largest absolute Gasteiger partial charge is 0.487 e. The Bertz CT molecular complexity index is 822. The van der Waals surface area contributed by atoms with Crippen LogP contribution < -0.4 is 15.2 Å². The van der Waals surface area contributed by atoms with Crippen LogP contribution in [0.2, 0.25) is 0 Å². The average Bonchev–Trinajstić information content (AvgIpc) is 2.89. The fourth-order valence-electron chi connectivity index (χ4n) is 3.71. The fraction of sp³-hybridized carbons (Fsp3) is 0.474. The number of anilines is 1. The third-order valence-electron chi connectivity index (χ3n) is 4.89. The molecule has 0 amide bonds. The van der Waals surface area contributed by atoms with E-state index in [4.69, 9.17) is 4.74 Å². The van der Waals surface area contributed by atoms with Crippen molar-refractivity contribution in [3.8, 4) is 5.75 Å². The number of hydrogen-bond acceptors (Lipinski definition) is 5. The number of H-pyrrole nitrogens is 1. The summed E-state index contributed by atoms with van der Waals surface area (Å²) in [7, 11) is 0. The van der Waals surface area contributed by atoms with E-state index in [1.54, 1.807) is 12.4 Å². The number of piperazine rings is 1. The van der Waals surface area contributed by atoms with Gasteiger partial charge >= 0.3 is 0 Å². The molecule has 25 heavy (non-hydrogen) atoms. The van der Waals surface area contributed by atoms with E-state index in [-0.39, 0.29) is 11.2 Å². The monoisotopic (exact) mass is 340 g/mol. The highest BCUT2D eigenvalue weighted by Crippen LogP contribution is 2.35. The standard InChI is InChI=1S/C19H24N4O2/c1-19(2)12-15-11-14(3-4-16(15)25-19)13-22-7-9-23(10-8-22)17-18(24)21-6-5-20-17/h3-6,11H,7-10,12-13H2,1-2H3,(H,21,24). The first-order valence-corrected chi connectivity index (χ1v) is 8.82. The van der Waals surface area contributed by atoms with Crippen molar-refractivity contribution < 1.29 is 4.74 Å². The van der Waals surface area contributed by atoms with Gasteiger partial charge in [0, 0.05) is 51.5 Å². The van der Waals surface area contributed by atoms with Crippen LogP contribution in [0.25, 0.3) is 0 Å². The number of fused-ring (bicyclic) bond motifs is 1. The normalized spacial score (nSPS) is 19.5. The molecule has 6 nitrogen and oxygen atoms in total. The molecule has 6 heteroatoms. The lowest BCUT2D eigenvalue weighted by Crippen LogP contribution is -2.47. The molecule has 0 spiro atoms. The van der Waals surface area contributed by atoms with Crippen LogP contribution in [-0.4, -0.2) is 46.6 Å². The minimum Gasteiger partial charge on any atom is -0.487 e. The van der Waals surface area contributed by atoms with Crippen molar-refractivity contribution in [2.45, 2.75) is 32.4 Å². The number of rotatable bonds is 3. The summed E-state index contributed by atoms with van der Waals surface area (Å²) in [5, 5.41) is 0. The van der Waals surface area contributed by atoms with E-state index in [0.29, 0.717) is 5.82 Å². The molecule has 2 aliphatic heterocycles. The molecule has 0 radical (unpaired) electrons. The van der Waals surface area contributed by atoms with E-state index in [1.165, 1.54) is 11.1 Å². The topological polar surface area (TPSA) is 61.5 Å². The summed E-state index contributed by atoms with van der Waals surface area (Å²) in [5.74, 6) is 1.55. The molecule has 0 atom stereocenters. The van der Waals surface area contributed by atoms with Crippen LogP contribution in [0.4, 0.5) is 5.82 Å². The summed E-state index contributed by atoms with van der Waals surface area (Å²) < 4.78 is 5.95. The van der Waals surface area contributed by atoms with Gasteiger partial charge in [-0.05, 0) is 31.0 Å². The molecule has 3 heterocycles. The first-order chi connectivity index (χ1) is 12.0. The average molecular weight is 340 g/mol. The van der Waals surface area contributed by atoms with E-state index in [1.807, 2.05) is 0 Å². The van der Waals surface area contributed by atoms with Crippen molar-refractivity contribution in [3.63, 3.8) is 0 Å². The van der Waals surface area contributed by atoms with Gasteiger partial charge in [0.05, 0.1) is 0 Å². The number of hydrogen-bond donors (Lipinski definition) is 1. The van der Waals surface area contributed by atoms with Gasteiger partial charge in [0.2, 0.25) is 0 Å². The van der Waals surface area contributed by atoms with Crippen LogP contribution in [-0.2, 0) is 13.0 Å². The molecule has 4 rings (SSSR count). The highest BCUT2D eigenvalue weighted by molar-refractivity contribution is 5.42. The fourth-order valence-corrected chi connectivity index (χ4v) is 3.71. The Morgan fingerprint density at radius 2 is 2.04 bits per heavy atom. The van der Waals surface area contributed by atoms with Gasteiger partial charge in [0.15, 0.2) is 5.82 Å². The van der Waals surface area contributed by atoms with Crippen molar-refractivity contribution in [1.82, 2.24) is 14.9 Å².